The highest BCUT2D eigenvalue weighted by atomic mass is 19.3. The monoisotopic (exact) mass is 444 g/mol. The van der Waals surface area contributed by atoms with Gasteiger partial charge in [0, 0.05) is 38.0 Å². The number of hydrogen-bond acceptors (Lipinski definition) is 7. The van der Waals surface area contributed by atoms with Crippen LogP contribution < -0.4 is 15.2 Å². The van der Waals surface area contributed by atoms with Gasteiger partial charge in [0.1, 0.15) is 0 Å². The third-order valence-corrected chi connectivity index (χ3v) is 5.33. The van der Waals surface area contributed by atoms with Crippen molar-refractivity contribution in [3.8, 4) is 5.75 Å². The van der Waals surface area contributed by atoms with E-state index < -0.39 is 6.61 Å². The molecular weight excluding hydrogens is 422 g/mol. The molecule has 3 heterocycles. The Hall–Kier alpha value is -3.63. The highest BCUT2D eigenvalue weighted by molar-refractivity contribution is 5.83. The van der Waals surface area contributed by atoms with Crippen LogP contribution in [0.5, 0.6) is 5.75 Å². The summed E-state index contributed by atoms with van der Waals surface area (Å²) >= 11 is 0. The molecule has 0 bridgehead atoms. The largest absolute Gasteiger partial charge is 0.432 e. The second-order valence-corrected chi connectivity index (χ2v) is 7.36. The number of nitrogens with zero attached hydrogens (tertiary/aromatic N) is 5. The van der Waals surface area contributed by atoms with Gasteiger partial charge >= 0.3 is 6.61 Å². The topological polar surface area (TPSA) is 104 Å². The van der Waals surface area contributed by atoms with E-state index in [1.165, 1.54) is 12.4 Å². The lowest BCUT2D eigenvalue weighted by molar-refractivity contribution is -0.131. The number of aromatic amines is 1. The van der Waals surface area contributed by atoms with Crippen molar-refractivity contribution in [2.75, 3.05) is 31.1 Å². The number of anilines is 1. The number of rotatable bonds is 7. The Balaban J connectivity index is 1.26. The van der Waals surface area contributed by atoms with Gasteiger partial charge in [-0.3, -0.25) is 9.59 Å². The van der Waals surface area contributed by atoms with Gasteiger partial charge in [-0.05, 0) is 18.9 Å². The third-order valence-electron chi connectivity index (χ3n) is 5.33. The van der Waals surface area contributed by atoms with Crippen molar-refractivity contribution in [1.82, 2.24) is 25.1 Å². The first-order valence-corrected chi connectivity index (χ1v) is 10.3. The maximum Gasteiger partial charge on any atom is 0.387 e. The standard InChI is InChI=1S/C21H22F2N6O3/c22-20(23)32-14-12-24-21(25-13-14)29-10-8-28(9-11-29)18(30)7-3-6-17-15-4-1-2-5-16(15)19(31)27-26-17/h1-2,4-5,12-13,20H,3,6-11H2,(H,27,31). The molecule has 11 heteroatoms. The molecule has 0 saturated carbocycles. The van der Waals surface area contributed by atoms with Crippen LogP contribution in [-0.4, -0.2) is 63.8 Å². The van der Waals surface area contributed by atoms with Gasteiger partial charge in [-0.1, -0.05) is 18.2 Å². The van der Waals surface area contributed by atoms with Gasteiger partial charge in [0.2, 0.25) is 11.9 Å². The highest BCUT2D eigenvalue weighted by Gasteiger charge is 2.22. The van der Waals surface area contributed by atoms with Gasteiger partial charge < -0.3 is 14.5 Å². The molecule has 168 valence electrons. The van der Waals surface area contributed by atoms with Crippen LogP contribution in [0.25, 0.3) is 10.8 Å². The molecule has 1 N–H and O–H groups in total. The van der Waals surface area contributed by atoms with Crippen LogP contribution in [-0.2, 0) is 11.2 Å². The lowest BCUT2D eigenvalue weighted by Gasteiger charge is -2.34. The van der Waals surface area contributed by atoms with Crippen LogP contribution in [0.4, 0.5) is 14.7 Å². The fourth-order valence-corrected chi connectivity index (χ4v) is 3.72. The number of nitrogens with one attached hydrogen (secondary N) is 1. The van der Waals surface area contributed by atoms with Crippen molar-refractivity contribution in [3.05, 3.63) is 52.7 Å². The number of hydrogen-bond donors (Lipinski definition) is 1. The van der Waals surface area contributed by atoms with E-state index in [0.717, 1.165) is 11.1 Å². The van der Waals surface area contributed by atoms with E-state index in [2.05, 4.69) is 24.9 Å². The highest BCUT2D eigenvalue weighted by Crippen LogP contribution is 2.17. The summed E-state index contributed by atoms with van der Waals surface area (Å²) in [5.74, 6) is 0.372. The maximum absolute atomic E-state index is 12.6. The van der Waals surface area contributed by atoms with Crippen LogP contribution in [0.15, 0.2) is 41.5 Å². The number of amides is 1. The molecule has 32 heavy (non-hydrogen) atoms. The van der Waals surface area contributed by atoms with E-state index in [1.54, 1.807) is 17.0 Å². The molecule has 1 saturated heterocycles. The van der Waals surface area contributed by atoms with Crippen LogP contribution in [0, 0.1) is 0 Å². The molecule has 1 aromatic carbocycles. The summed E-state index contributed by atoms with van der Waals surface area (Å²) in [5.41, 5.74) is 0.549. The first-order valence-electron chi connectivity index (χ1n) is 10.3. The second-order valence-electron chi connectivity index (χ2n) is 7.36. The Kier molecular flexibility index (Phi) is 6.52. The average Bonchev–Trinajstić information content (AvgIpc) is 2.81. The number of halogens is 2. The smallest absolute Gasteiger partial charge is 0.387 e. The summed E-state index contributed by atoms with van der Waals surface area (Å²) in [4.78, 5) is 36.3. The normalized spacial score (nSPS) is 14.2. The van der Waals surface area contributed by atoms with Gasteiger partial charge in [-0.2, -0.15) is 13.9 Å². The minimum absolute atomic E-state index is 0.0555. The first-order chi connectivity index (χ1) is 15.5. The van der Waals surface area contributed by atoms with Gasteiger partial charge in [-0.25, -0.2) is 15.1 Å². The van der Waals surface area contributed by atoms with Crippen molar-refractivity contribution in [2.45, 2.75) is 25.9 Å². The molecule has 1 fully saturated rings. The summed E-state index contributed by atoms with van der Waals surface area (Å²) < 4.78 is 28.7. The quantitative estimate of drug-likeness (QED) is 0.594. The SMILES string of the molecule is O=C(CCCc1n[nH]c(=O)c2ccccc12)N1CCN(c2ncc(OC(F)F)cn2)CC1. The minimum atomic E-state index is -2.92. The predicted octanol–water partition coefficient (Wildman–Crippen LogP) is 1.99. The second kappa shape index (κ2) is 9.67. The number of aromatic nitrogens is 4. The van der Waals surface area contributed by atoms with Gasteiger partial charge in [0.25, 0.3) is 5.56 Å². The number of ether oxygens (including phenoxy) is 1. The van der Waals surface area contributed by atoms with Gasteiger partial charge in [0.15, 0.2) is 5.75 Å². The molecule has 0 radical (unpaired) electrons. The molecule has 0 atom stereocenters. The Morgan fingerprint density at radius 2 is 1.78 bits per heavy atom. The number of alkyl halides is 2. The Morgan fingerprint density at radius 1 is 1.09 bits per heavy atom. The Labute approximate surface area is 182 Å². The van der Waals surface area contributed by atoms with Gasteiger partial charge in [0.05, 0.1) is 23.5 Å². The van der Waals surface area contributed by atoms with Gasteiger partial charge in [-0.15, -0.1) is 0 Å². The zero-order valence-electron chi connectivity index (χ0n) is 17.2. The molecular formula is C21H22F2N6O3. The van der Waals surface area contributed by atoms with Crippen LogP contribution in [0.3, 0.4) is 0 Å². The molecule has 1 amide bonds. The van der Waals surface area contributed by atoms with E-state index in [1.807, 2.05) is 17.0 Å². The maximum atomic E-state index is 12.6. The molecule has 4 rings (SSSR count). The number of carbonyl (C=O) groups is 1. The van der Waals surface area contributed by atoms with Crippen molar-refractivity contribution < 1.29 is 18.3 Å². The number of fused-ring (bicyclic) bond motifs is 1. The lowest BCUT2D eigenvalue weighted by atomic mass is 10.1. The average molecular weight is 444 g/mol. The van der Waals surface area contributed by atoms with E-state index in [-0.39, 0.29) is 17.2 Å². The van der Waals surface area contributed by atoms with Crippen LogP contribution >= 0.6 is 0 Å². The predicted molar refractivity (Wildman–Crippen MR) is 113 cm³/mol. The van der Waals surface area contributed by atoms with E-state index in [0.29, 0.717) is 56.8 Å². The van der Waals surface area contributed by atoms with Crippen LogP contribution in [0.2, 0.25) is 0 Å². The molecule has 0 spiro atoms. The van der Waals surface area contributed by atoms with Crippen molar-refractivity contribution in [1.29, 1.82) is 0 Å². The number of piperazine rings is 1. The van der Waals surface area contributed by atoms with Crippen molar-refractivity contribution in [3.63, 3.8) is 0 Å². The summed E-state index contributed by atoms with van der Waals surface area (Å²) in [6.45, 7) is -0.772. The molecule has 2 aromatic heterocycles. The summed E-state index contributed by atoms with van der Waals surface area (Å²) in [7, 11) is 0. The molecule has 9 nitrogen and oxygen atoms in total. The number of benzene rings is 1. The zero-order valence-corrected chi connectivity index (χ0v) is 17.2. The molecule has 1 aliphatic heterocycles. The summed E-state index contributed by atoms with van der Waals surface area (Å²) in [5, 5.41) is 8.06. The fraction of sp³-hybridized carbons (Fsp3) is 0.381. The zero-order chi connectivity index (χ0) is 22.5. The Morgan fingerprint density at radius 3 is 2.47 bits per heavy atom. The van der Waals surface area contributed by atoms with Crippen molar-refractivity contribution in [2.24, 2.45) is 0 Å². The van der Waals surface area contributed by atoms with Crippen LogP contribution in [0.1, 0.15) is 18.5 Å². The number of aryl methyl sites for hydroxylation is 1. The fourth-order valence-electron chi connectivity index (χ4n) is 3.72. The Bertz CT molecular complexity index is 1130. The number of carbonyl (C=O) groups excluding carboxylic acids is 1. The van der Waals surface area contributed by atoms with E-state index >= 15 is 0 Å². The lowest BCUT2D eigenvalue weighted by Crippen LogP contribution is -2.49. The summed E-state index contributed by atoms with van der Waals surface area (Å²) in [6, 6.07) is 7.29. The van der Waals surface area contributed by atoms with Crippen molar-refractivity contribution >= 4 is 22.6 Å². The summed E-state index contributed by atoms with van der Waals surface area (Å²) in [6.07, 6.45) is 4.01. The molecule has 0 aliphatic carbocycles. The molecule has 3 aromatic rings. The molecule has 1 aliphatic rings. The number of H-pyrrole nitrogens is 1. The minimum Gasteiger partial charge on any atom is -0.432 e. The first kappa shape index (κ1) is 21.6. The van der Waals surface area contributed by atoms with E-state index in [4.69, 9.17) is 0 Å². The third kappa shape index (κ3) is 4.98. The molecule has 0 unspecified atom stereocenters. The van der Waals surface area contributed by atoms with E-state index in [9.17, 15) is 18.4 Å².